The van der Waals surface area contributed by atoms with Gasteiger partial charge in [0.25, 0.3) is 0 Å². The molecule has 2 N–H and O–H groups in total. The van der Waals surface area contributed by atoms with Gasteiger partial charge in [-0.15, -0.1) is 0 Å². The maximum atomic E-state index is 12.3. The van der Waals surface area contributed by atoms with Gasteiger partial charge in [0.2, 0.25) is 11.8 Å². The minimum Gasteiger partial charge on any atom is -0.486 e. The summed E-state index contributed by atoms with van der Waals surface area (Å²) in [7, 11) is 0. The molecule has 1 atom stereocenters. The number of para-hydroxylation sites is 1. The predicted octanol–water partition coefficient (Wildman–Crippen LogP) is 3.01. The number of rotatable bonds is 4. The number of ether oxygens (including phenoxy) is 2. The summed E-state index contributed by atoms with van der Waals surface area (Å²) in [6.07, 6.45) is 0.0744. The predicted molar refractivity (Wildman–Crippen MR) is 108 cm³/mol. The fraction of sp³-hybridized carbons (Fsp3) is 0.250. The Bertz CT molecular complexity index is 960. The summed E-state index contributed by atoms with van der Waals surface area (Å²) in [6, 6.07) is 12.9. The first-order valence-corrected chi connectivity index (χ1v) is 9.78. The molecule has 1 saturated heterocycles. The van der Waals surface area contributed by atoms with Crippen LogP contribution in [0.25, 0.3) is 0 Å². The van der Waals surface area contributed by atoms with Crippen LogP contribution in [0.3, 0.4) is 0 Å². The van der Waals surface area contributed by atoms with Gasteiger partial charge in [-0.3, -0.25) is 9.59 Å². The lowest BCUT2D eigenvalue weighted by Gasteiger charge is -2.18. The van der Waals surface area contributed by atoms with Crippen molar-refractivity contribution >= 4 is 40.1 Å². The second kappa shape index (κ2) is 7.93. The third-order valence-corrected chi connectivity index (χ3v) is 5.40. The summed E-state index contributed by atoms with van der Waals surface area (Å²) in [5.74, 6) is 0.893. The fourth-order valence-electron chi connectivity index (χ4n) is 2.89. The van der Waals surface area contributed by atoms with Crippen LogP contribution in [-0.4, -0.2) is 35.4 Å². The minimum absolute atomic E-state index is 0.0744. The van der Waals surface area contributed by atoms with Crippen molar-refractivity contribution in [3.63, 3.8) is 0 Å². The van der Waals surface area contributed by atoms with Gasteiger partial charge in [0.15, 0.2) is 16.7 Å². The van der Waals surface area contributed by atoms with Crippen molar-refractivity contribution in [3.05, 3.63) is 48.0 Å². The van der Waals surface area contributed by atoms with Crippen LogP contribution in [0.1, 0.15) is 12.0 Å². The number of amidine groups is 1. The Labute approximate surface area is 166 Å². The number of amides is 2. The van der Waals surface area contributed by atoms with E-state index in [2.05, 4.69) is 15.6 Å². The van der Waals surface area contributed by atoms with Crippen LogP contribution in [0.5, 0.6) is 11.5 Å². The molecule has 0 bridgehead atoms. The molecule has 0 aromatic heterocycles. The van der Waals surface area contributed by atoms with Crippen LogP contribution in [0.4, 0.5) is 11.4 Å². The highest BCUT2D eigenvalue weighted by Gasteiger charge is 2.32. The van der Waals surface area contributed by atoms with Crippen molar-refractivity contribution in [2.24, 2.45) is 4.99 Å². The molecular weight excluding hydrogens is 378 g/mol. The highest BCUT2D eigenvalue weighted by atomic mass is 32.2. The maximum Gasteiger partial charge on any atom is 0.240 e. The van der Waals surface area contributed by atoms with Gasteiger partial charge in [0, 0.05) is 18.2 Å². The average molecular weight is 397 g/mol. The number of nitrogens with zero attached hydrogens (tertiary/aromatic N) is 1. The van der Waals surface area contributed by atoms with Gasteiger partial charge in [0.1, 0.15) is 18.5 Å². The lowest BCUT2D eigenvalue weighted by molar-refractivity contribution is -0.122. The summed E-state index contributed by atoms with van der Waals surface area (Å²) in [5.41, 5.74) is 2.37. The molecule has 7 nitrogen and oxygen atoms in total. The van der Waals surface area contributed by atoms with Gasteiger partial charge in [-0.05, 0) is 30.7 Å². The Morgan fingerprint density at radius 2 is 2.00 bits per heavy atom. The smallest absolute Gasteiger partial charge is 0.240 e. The molecule has 2 amide bonds. The molecule has 2 aromatic rings. The number of hydrogen-bond acceptors (Lipinski definition) is 6. The standard InChI is InChI=1S/C20H19N3O4S/c1-12-4-2-3-5-14(12)22-18(24)11-17-19(25)23-20(28-17)21-13-6-7-15-16(10-13)27-9-8-26-15/h2-7,10,17H,8-9,11H2,1H3,(H,22,24)(H,21,23,25)/t17-/m1/s1. The van der Waals surface area contributed by atoms with Crippen molar-refractivity contribution in [3.8, 4) is 11.5 Å². The quantitative estimate of drug-likeness (QED) is 0.828. The number of benzene rings is 2. The Hall–Kier alpha value is -3.00. The molecule has 144 valence electrons. The monoisotopic (exact) mass is 397 g/mol. The Balaban J connectivity index is 1.40. The van der Waals surface area contributed by atoms with E-state index in [0.29, 0.717) is 35.6 Å². The topological polar surface area (TPSA) is 89.0 Å². The van der Waals surface area contributed by atoms with Crippen molar-refractivity contribution in [1.29, 1.82) is 0 Å². The van der Waals surface area contributed by atoms with E-state index in [1.165, 1.54) is 11.8 Å². The highest BCUT2D eigenvalue weighted by molar-refractivity contribution is 8.15. The van der Waals surface area contributed by atoms with Gasteiger partial charge in [-0.2, -0.15) is 0 Å². The molecule has 1 fully saturated rings. The van der Waals surface area contributed by atoms with Crippen molar-refractivity contribution in [2.75, 3.05) is 18.5 Å². The van der Waals surface area contributed by atoms with E-state index in [-0.39, 0.29) is 18.2 Å². The average Bonchev–Trinajstić information content (AvgIpc) is 3.02. The third-order valence-electron chi connectivity index (χ3n) is 4.32. The largest absolute Gasteiger partial charge is 0.486 e. The number of aryl methyl sites for hydroxylation is 1. The first-order chi connectivity index (χ1) is 13.6. The number of nitrogens with one attached hydrogen (secondary N) is 2. The molecule has 2 heterocycles. The molecule has 0 spiro atoms. The van der Waals surface area contributed by atoms with E-state index in [0.717, 1.165) is 11.3 Å². The molecule has 8 heteroatoms. The fourth-order valence-corrected chi connectivity index (χ4v) is 3.88. The molecule has 0 radical (unpaired) electrons. The zero-order valence-corrected chi connectivity index (χ0v) is 16.0. The molecule has 2 aromatic carbocycles. The number of hydrogen-bond donors (Lipinski definition) is 2. The van der Waals surface area contributed by atoms with Gasteiger partial charge in [0.05, 0.1) is 5.69 Å². The molecule has 28 heavy (non-hydrogen) atoms. The zero-order valence-electron chi connectivity index (χ0n) is 15.2. The van der Waals surface area contributed by atoms with Crippen molar-refractivity contribution in [1.82, 2.24) is 5.32 Å². The zero-order chi connectivity index (χ0) is 19.5. The summed E-state index contributed by atoms with van der Waals surface area (Å²) in [4.78, 5) is 29.0. The van der Waals surface area contributed by atoms with Crippen molar-refractivity contribution < 1.29 is 19.1 Å². The number of carbonyl (C=O) groups excluding carboxylic acids is 2. The number of aliphatic imine (C=N–C) groups is 1. The molecule has 0 saturated carbocycles. The van der Waals surface area contributed by atoms with Crippen LogP contribution >= 0.6 is 11.8 Å². The first-order valence-electron chi connectivity index (χ1n) is 8.90. The van der Waals surface area contributed by atoms with Gasteiger partial charge in [-0.25, -0.2) is 4.99 Å². The van der Waals surface area contributed by atoms with E-state index >= 15 is 0 Å². The maximum absolute atomic E-state index is 12.3. The number of anilines is 1. The van der Waals surface area contributed by atoms with E-state index in [1.54, 1.807) is 18.2 Å². The van der Waals surface area contributed by atoms with E-state index in [4.69, 9.17) is 9.47 Å². The number of fused-ring (bicyclic) bond motifs is 1. The molecule has 4 rings (SSSR count). The first kappa shape index (κ1) is 18.4. The van der Waals surface area contributed by atoms with Crippen molar-refractivity contribution in [2.45, 2.75) is 18.6 Å². The van der Waals surface area contributed by atoms with Gasteiger partial charge in [-0.1, -0.05) is 30.0 Å². The lowest BCUT2D eigenvalue weighted by Crippen LogP contribution is -2.28. The molecular formula is C20H19N3O4S. The summed E-state index contributed by atoms with van der Waals surface area (Å²) in [6.45, 7) is 2.94. The van der Waals surface area contributed by atoms with Crippen LogP contribution < -0.4 is 20.1 Å². The normalized spacial score (nSPS) is 19.4. The third kappa shape index (κ3) is 4.12. The highest BCUT2D eigenvalue weighted by Crippen LogP contribution is 2.34. The van der Waals surface area contributed by atoms with E-state index < -0.39 is 5.25 Å². The number of thioether (sulfide) groups is 1. The van der Waals surface area contributed by atoms with Crippen LogP contribution in [0, 0.1) is 6.92 Å². The van der Waals surface area contributed by atoms with E-state index in [1.807, 2.05) is 31.2 Å². The molecule has 2 aliphatic heterocycles. The Kier molecular flexibility index (Phi) is 5.21. The second-order valence-electron chi connectivity index (χ2n) is 6.41. The molecule has 2 aliphatic rings. The summed E-state index contributed by atoms with van der Waals surface area (Å²) in [5, 5.41) is 5.54. The summed E-state index contributed by atoms with van der Waals surface area (Å²) >= 11 is 1.25. The second-order valence-corrected chi connectivity index (χ2v) is 7.60. The SMILES string of the molecule is Cc1ccccc1NC(=O)C[C@H]1SC(=Nc2ccc3c(c2)OCCO3)NC1=O. The van der Waals surface area contributed by atoms with Gasteiger partial charge >= 0.3 is 0 Å². The number of carbonyl (C=O) groups is 2. The molecule has 0 aliphatic carbocycles. The molecule has 0 unspecified atom stereocenters. The van der Waals surface area contributed by atoms with Gasteiger partial charge < -0.3 is 20.1 Å². The van der Waals surface area contributed by atoms with E-state index in [9.17, 15) is 9.59 Å². The van der Waals surface area contributed by atoms with Crippen LogP contribution in [-0.2, 0) is 9.59 Å². The van der Waals surface area contributed by atoms with Crippen LogP contribution in [0.15, 0.2) is 47.5 Å². The Morgan fingerprint density at radius 3 is 2.82 bits per heavy atom. The lowest BCUT2D eigenvalue weighted by atomic mass is 10.2. The minimum atomic E-state index is -0.514. The summed E-state index contributed by atoms with van der Waals surface area (Å²) < 4.78 is 11.0. The van der Waals surface area contributed by atoms with Crippen LogP contribution in [0.2, 0.25) is 0 Å². The Morgan fingerprint density at radius 1 is 1.21 bits per heavy atom.